The number of nitrogens with one attached hydrogen (secondary N) is 2. The van der Waals surface area contributed by atoms with Crippen LogP contribution in [-0.2, 0) is 17.6 Å². The summed E-state index contributed by atoms with van der Waals surface area (Å²) in [6, 6.07) is 0.874. The Morgan fingerprint density at radius 3 is 2.96 bits per heavy atom. The third kappa shape index (κ3) is 2.36. The number of rotatable bonds is 3. The maximum absolute atomic E-state index is 13.5. The van der Waals surface area contributed by atoms with Gasteiger partial charge in [-0.25, -0.2) is 0 Å². The van der Waals surface area contributed by atoms with E-state index in [0.717, 1.165) is 45.1 Å². The molecule has 0 spiro atoms. The van der Waals surface area contributed by atoms with Crippen LogP contribution in [0, 0.1) is 11.8 Å². The van der Waals surface area contributed by atoms with Crippen LogP contribution in [0.25, 0.3) is 0 Å². The number of aromatic amines is 1. The lowest BCUT2D eigenvalue weighted by Gasteiger charge is -2.39. The van der Waals surface area contributed by atoms with Gasteiger partial charge in [-0.3, -0.25) is 9.89 Å². The van der Waals surface area contributed by atoms with Crippen LogP contribution in [-0.4, -0.2) is 39.6 Å². The molecule has 0 aromatic carbocycles. The fourth-order valence-corrected chi connectivity index (χ4v) is 5.05. The van der Waals surface area contributed by atoms with Crippen molar-refractivity contribution in [1.29, 1.82) is 0 Å². The van der Waals surface area contributed by atoms with Gasteiger partial charge in [0, 0.05) is 41.9 Å². The molecule has 1 saturated heterocycles. The Bertz CT molecular complexity index is 675. The first-order chi connectivity index (χ1) is 11.8. The maximum Gasteiger partial charge on any atom is 0.226 e. The van der Waals surface area contributed by atoms with Crippen LogP contribution >= 0.6 is 0 Å². The highest BCUT2D eigenvalue weighted by Gasteiger charge is 2.44. The van der Waals surface area contributed by atoms with Gasteiger partial charge in [0.05, 0.1) is 6.20 Å². The number of aromatic nitrogens is 2. The molecule has 1 aliphatic heterocycles. The fourth-order valence-electron chi connectivity index (χ4n) is 5.05. The minimum absolute atomic E-state index is 0.200. The number of H-pyrrole nitrogens is 1. The molecular weight excluding hydrogens is 300 g/mol. The van der Waals surface area contributed by atoms with E-state index in [1.54, 1.807) is 0 Å². The van der Waals surface area contributed by atoms with Gasteiger partial charge in [0.25, 0.3) is 0 Å². The van der Waals surface area contributed by atoms with E-state index < -0.39 is 0 Å². The molecule has 24 heavy (non-hydrogen) atoms. The van der Waals surface area contributed by atoms with Crippen LogP contribution < -0.4 is 5.32 Å². The van der Waals surface area contributed by atoms with E-state index in [1.807, 2.05) is 6.20 Å². The second-order valence-electron chi connectivity index (χ2n) is 7.91. The Kier molecular flexibility index (Phi) is 3.42. The third-order valence-electron chi connectivity index (χ3n) is 6.41. The molecule has 3 atom stereocenters. The lowest BCUT2D eigenvalue weighted by atomic mass is 9.80. The normalized spacial score (nSPS) is 31.7. The molecule has 5 nitrogen and oxygen atoms in total. The summed E-state index contributed by atoms with van der Waals surface area (Å²) in [6.45, 7) is 1.03. The number of hydrogen-bond acceptors (Lipinski definition) is 3. The standard InChI is InChI=1S/C19H26N4O/c24-19(16-2-1-3-18-15(16)8-9-20-18)23(13-4-5-13)14-6-7-17-12(10-14)11-21-22-17/h3,11,13-16,20H,1-2,4-10H2,(H,21,22). The topological polar surface area (TPSA) is 61.0 Å². The van der Waals surface area contributed by atoms with E-state index in [1.165, 1.54) is 29.8 Å². The van der Waals surface area contributed by atoms with Crippen LogP contribution in [0.4, 0.5) is 0 Å². The molecule has 4 aliphatic rings. The van der Waals surface area contributed by atoms with Crippen molar-refractivity contribution in [1.82, 2.24) is 20.4 Å². The minimum Gasteiger partial charge on any atom is -0.388 e. The van der Waals surface area contributed by atoms with Gasteiger partial charge in [0.1, 0.15) is 0 Å². The first-order valence-electron chi connectivity index (χ1n) is 9.58. The van der Waals surface area contributed by atoms with Gasteiger partial charge in [-0.1, -0.05) is 6.08 Å². The van der Waals surface area contributed by atoms with Crippen LogP contribution in [0.2, 0.25) is 0 Å². The summed E-state index contributed by atoms with van der Waals surface area (Å²) in [6.07, 6.45) is 12.9. The molecule has 1 aromatic heterocycles. The van der Waals surface area contributed by atoms with Crippen molar-refractivity contribution in [2.24, 2.45) is 11.8 Å². The zero-order chi connectivity index (χ0) is 16.1. The van der Waals surface area contributed by atoms with Crippen molar-refractivity contribution < 1.29 is 4.79 Å². The molecule has 0 radical (unpaired) electrons. The highest BCUT2D eigenvalue weighted by Crippen LogP contribution is 2.40. The van der Waals surface area contributed by atoms with Gasteiger partial charge in [-0.15, -0.1) is 0 Å². The van der Waals surface area contributed by atoms with Gasteiger partial charge < -0.3 is 10.2 Å². The van der Waals surface area contributed by atoms with E-state index in [0.29, 0.717) is 23.9 Å². The van der Waals surface area contributed by atoms with Crippen LogP contribution in [0.3, 0.4) is 0 Å². The molecule has 1 saturated carbocycles. The maximum atomic E-state index is 13.5. The lowest BCUT2D eigenvalue weighted by Crippen LogP contribution is -2.49. The molecule has 1 aromatic rings. The molecule has 3 aliphatic carbocycles. The Morgan fingerprint density at radius 1 is 1.17 bits per heavy atom. The van der Waals surface area contributed by atoms with E-state index in [9.17, 15) is 4.79 Å². The highest BCUT2D eigenvalue weighted by molar-refractivity contribution is 5.81. The van der Waals surface area contributed by atoms with E-state index in [4.69, 9.17) is 0 Å². The fraction of sp³-hybridized carbons (Fsp3) is 0.684. The van der Waals surface area contributed by atoms with Gasteiger partial charge in [-0.05, 0) is 56.9 Å². The third-order valence-corrected chi connectivity index (χ3v) is 6.41. The summed E-state index contributed by atoms with van der Waals surface area (Å²) in [5, 5.41) is 10.8. The van der Waals surface area contributed by atoms with Gasteiger partial charge in [0.15, 0.2) is 0 Å². The van der Waals surface area contributed by atoms with E-state index in [2.05, 4.69) is 26.5 Å². The molecule has 3 unspecified atom stereocenters. The number of carbonyl (C=O) groups is 1. The molecule has 2 N–H and O–H groups in total. The van der Waals surface area contributed by atoms with Gasteiger partial charge in [-0.2, -0.15) is 5.10 Å². The summed E-state index contributed by atoms with van der Waals surface area (Å²) in [4.78, 5) is 15.8. The van der Waals surface area contributed by atoms with E-state index >= 15 is 0 Å². The Balaban J connectivity index is 1.38. The number of allylic oxidation sites excluding steroid dienone is 2. The summed E-state index contributed by atoms with van der Waals surface area (Å²) >= 11 is 0. The predicted octanol–water partition coefficient (Wildman–Crippen LogP) is 2.16. The zero-order valence-corrected chi connectivity index (χ0v) is 14.1. The van der Waals surface area contributed by atoms with Crippen molar-refractivity contribution >= 4 is 5.91 Å². The average Bonchev–Trinajstić information content (AvgIpc) is 3.12. The highest BCUT2D eigenvalue weighted by atomic mass is 16.2. The van der Waals surface area contributed by atoms with Crippen molar-refractivity contribution in [3.8, 4) is 0 Å². The largest absolute Gasteiger partial charge is 0.388 e. The zero-order valence-electron chi connectivity index (χ0n) is 14.1. The number of amides is 1. The Hall–Kier alpha value is -1.78. The number of hydrogen-bond donors (Lipinski definition) is 2. The number of nitrogens with zero attached hydrogens (tertiary/aromatic N) is 2. The minimum atomic E-state index is 0.200. The molecule has 2 fully saturated rings. The smallest absolute Gasteiger partial charge is 0.226 e. The molecular formula is C19H26N4O. The Labute approximate surface area is 142 Å². The van der Waals surface area contributed by atoms with Crippen molar-refractivity contribution in [2.75, 3.05) is 6.54 Å². The predicted molar refractivity (Wildman–Crippen MR) is 91.2 cm³/mol. The summed E-state index contributed by atoms with van der Waals surface area (Å²) in [7, 11) is 0. The second-order valence-corrected chi connectivity index (χ2v) is 7.91. The monoisotopic (exact) mass is 326 g/mol. The van der Waals surface area contributed by atoms with Crippen LogP contribution in [0.5, 0.6) is 0 Å². The SMILES string of the molecule is O=C(C1CCC=C2NCCC21)N(C1CC1)C1CCc2[nH]ncc2C1. The van der Waals surface area contributed by atoms with Crippen molar-refractivity contribution in [3.63, 3.8) is 0 Å². The molecule has 5 heteroatoms. The van der Waals surface area contributed by atoms with Crippen molar-refractivity contribution in [2.45, 2.75) is 63.5 Å². The number of fused-ring (bicyclic) bond motifs is 2. The summed E-state index contributed by atoms with van der Waals surface area (Å²) in [5.41, 5.74) is 3.94. The molecule has 128 valence electrons. The first kappa shape index (κ1) is 14.6. The molecule has 0 bridgehead atoms. The summed E-state index contributed by atoms with van der Waals surface area (Å²) < 4.78 is 0. The Morgan fingerprint density at radius 2 is 2.08 bits per heavy atom. The van der Waals surface area contributed by atoms with Gasteiger partial charge in [0.2, 0.25) is 5.91 Å². The molecule has 2 heterocycles. The molecule has 1 amide bonds. The average molecular weight is 326 g/mol. The van der Waals surface area contributed by atoms with E-state index in [-0.39, 0.29) is 5.92 Å². The van der Waals surface area contributed by atoms with Crippen LogP contribution in [0.1, 0.15) is 49.8 Å². The number of aryl methyl sites for hydroxylation is 1. The van der Waals surface area contributed by atoms with Gasteiger partial charge >= 0.3 is 0 Å². The van der Waals surface area contributed by atoms with Crippen molar-refractivity contribution in [3.05, 3.63) is 29.2 Å². The lowest BCUT2D eigenvalue weighted by molar-refractivity contribution is -0.140. The number of carbonyl (C=O) groups excluding carboxylic acids is 1. The summed E-state index contributed by atoms with van der Waals surface area (Å²) in [5.74, 6) is 1.08. The first-order valence-corrected chi connectivity index (χ1v) is 9.58. The second kappa shape index (κ2) is 5.64. The van der Waals surface area contributed by atoms with Crippen LogP contribution in [0.15, 0.2) is 18.0 Å². The quantitative estimate of drug-likeness (QED) is 0.895. The molecule has 5 rings (SSSR count).